The Hall–Kier alpha value is -7.76. The maximum Gasteiger partial charge on any atom is 0.164 e. The maximum atomic E-state index is 7.04. The number of hydrogen-bond acceptors (Lipinski definition) is 4. The summed E-state index contributed by atoms with van der Waals surface area (Å²) in [6.07, 6.45) is 0. The highest BCUT2D eigenvalue weighted by Crippen LogP contribution is 2.42. The van der Waals surface area contributed by atoms with E-state index in [-0.39, 0.29) is 0 Å². The fourth-order valence-electron chi connectivity index (χ4n) is 10.4. The van der Waals surface area contributed by atoms with Crippen molar-refractivity contribution in [1.82, 2.24) is 19.5 Å². The van der Waals surface area contributed by atoms with Crippen LogP contribution in [0.4, 0.5) is 0 Å². The average molecular weight is 838 g/mol. The van der Waals surface area contributed by atoms with Crippen LogP contribution in [0.2, 0.25) is 0 Å². The molecule has 304 valence electrons. The molecule has 12 aromatic rings. The molecule has 9 aromatic carbocycles. The molecule has 3 heterocycles. The molecule has 12 rings (SSSR count). The van der Waals surface area contributed by atoms with Gasteiger partial charge in [0, 0.05) is 49.7 Å². The number of fused-ring (bicyclic) bond motifs is 7. The Kier molecular flexibility index (Phi) is 9.32. The molecule has 0 aliphatic carbocycles. The van der Waals surface area contributed by atoms with Gasteiger partial charge in [0.25, 0.3) is 0 Å². The molecule has 11 heteroatoms. The molecular formula is C55H40B6N4O. The lowest BCUT2D eigenvalue weighted by molar-refractivity contribution is 0.670. The normalized spacial score (nSPS) is 11.7. The first-order chi connectivity index (χ1) is 32.2. The number of furan rings is 1. The molecule has 3 aromatic heterocycles. The van der Waals surface area contributed by atoms with Crippen LogP contribution in [0.5, 0.6) is 0 Å². The van der Waals surface area contributed by atoms with E-state index in [1.807, 2.05) is 60.7 Å². The average Bonchev–Trinajstić information content (AvgIpc) is 3.92. The first-order valence-corrected chi connectivity index (χ1v) is 22.7. The van der Waals surface area contributed by atoms with Crippen LogP contribution in [0.1, 0.15) is 0 Å². The third kappa shape index (κ3) is 6.29. The SMILES string of the molecule is Bc1cc(B)c2c(c1B)c1c(B)c(B)cc(B)c1n2-c1cc(-c2ccccc2)c2oc3cc(-c4ccc(-c5nc(-c6ccccc6)nc(-c6ccccc6)n5)c5ccccc45)ccc3c2c1. The van der Waals surface area contributed by atoms with Crippen LogP contribution < -0.4 is 32.8 Å². The maximum absolute atomic E-state index is 7.04. The third-order valence-corrected chi connectivity index (χ3v) is 13.8. The minimum atomic E-state index is 0.631. The molecule has 0 aliphatic heterocycles. The third-order valence-electron chi connectivity index (χ3n) is 13.8. The molecule has 66 heavy (non-hydrogen) atoms. The number of benzene rings is 9. The highest BCUT2D eigenvalue weighted by Gasteiger charge is 2.24. The summed E-state index contributed by atoms with van der Waals surface area (Å²) in [6, 6.07) is 59.9. The number of nitrogens with zero attached hydrogens (tertiary/aromatic N) is 4. The van der Waals surface area contributed by atoms with Crippen LogP contribution >= 0.6 is 0 Å². The van der Waals surface area contributed by atoms with E-state index in [9.17, 15) is 0 Å². The Morgan fingerprint density at radius 2 is 0.864 bits per heavy atom. The van der Waals surface area contributed by atoms with Gasteiger partial charge in [-0.3, -0.25) is 0 Å². The van der Waals surface area contributed by atoms with Crippen molar-refractivity contribution in [3.8, 4) is 62.1 Å². The molecule has 0 saturated heterocycles. The molecule has 0 fully saturated rings. The first kappa shape index (κ1) is 39.8. The molecule has 0 spiro atoms. The largest absolute Gasteiger partial charge is 0.455 e. The van der Waals surface area contributed by atoms with Crippen molar-refractivity contribution < 1.29 is 4.42 Å². The second kappa shape index (κ2) is 15.5. The van der Waals surface area contributed by atoms with Gasteiger partial charge in [-0.05, 0) is 68.6 Å². The Morgan fingerprint density at radius 3 is 1.44 bits per heavy atom. The lowest BCUT2D eigenvalue weighted by Crippen LogP contribution is -2.33. The molecule has 0 unspecified atom stereocenters. The van der Waals surface area contributed by atoms with Gasteiger partial charge < -0.3 is 8.98 Å². The van der Waals surface area contributed by atoms with Crippen molar-refractivity contribution in [2.45, 2.75) is 0 Å². The van der Waals surface area contributed by atoms with Crippen LogP contribution in [0.3, 0.4) is 0 Å². The summed E-state index contributed by atoms with van der Waals surface area (Å²) in [7, 11) is 13.6. The van der Waals surface area contributed by atoms with Crippen LogP contribution in [0.15, 0.2) is 174 Å². The van der Waals surface area contributed by atoms with Crippen LogP contribution in [-0.2, 0) is 0 Å². The molecule has 5 nitrogen and oxygen atoms in total. The molecular weight excluding hydrogens is 798 g/mol. The fraction of sp³-hybridized carbons (Fsp3) is 0. The monoisotopic (exact) mass is 838 g/mol. The van der Waals surface area contributed by atoms with Gasteiger partial charge in [0.2, 0.25) is 0 Å². The lowest BCUT2D eigenvalue weighted by Gasteiger charge is -2.15. The van der Waals surface area contributed by atoms with E-state index in [1.54, 1.807) is 0 Å². The standard InChI is InChI=1S/C55H40B6N4O/c56-41-27-43(58)50-46(48(41)60)47-49(61)42(57)28-44(59)51(47)65(50)33-25-39(29-12-4-1-5-13-29)52-40(26-33)37-21-20-32(24-45(37)66-52)34-22-23-38(36-19-11-10-18-35(34)36)55-63-53(30-14-6-2-7-15-30)62-54(64-55)31-16-8-3-9-17-31/h1-28H,56-61H2. The molecule has 0 radical (unpaired) electrons. The lowest BCUT2D eigenvalue weighted by atomic mass is 9.71. The van der Waals surface area contributed by atoms with E-state index < -0.39 is 0 Å². The smallest absolute Gasteiger partial charge is 0.164 e. The summed E-state index contributed by atoms with van der Waals surface area (Å²) in [5.41, 5.74) is 20.4. The van der Waals surface area contributed by atoms with Gasteiger partial charge in [-0.25, -0.2) is 15.0 Å². The van der Waals surface area contributed by atoms with Crippen molar-refractivity contribution in [3.63, 3.8) is 0 Å². The van der Waals surface area contributed by atoms with Crippen molar-refractivity contribution in [2.24, 2.45) is 0 Å². The van der Waals surface area contributed by atoms with Gasteiger partial charge in [-0.1, -0.05) is 172 Å². The van der Waals surface area contributed by atoms with Crippen LogP contribution in [0, 0.1) is 0 Å². The van der Waals surface area contributed by atoms with Crippen molar-refractivity contribution in [2.75, 3.05) is 0 Å². The zero-order valence-electron chi connectivity index (χ0n) is 37.9. The highest BCUT2D eigenvalue weighted by molar-refractivity contribution is 6.62. The van der Waals surface area contributed by atoms with Gasteiger partial charge in [0.15, 0.2) is 17.5 Å². The summed E-state index contributed by atoms with van der Waals surface area (Å²) in [5.74, 6) is 1.91. The highest BCUT2D eigenvalue weighted by atomic mass is 16.3. The van der Waals surface area contributed by atoms with E-state index in [0.29, 0.717) is 17.5 Å². The minimum Gasteiger partial charge on any atom is -0.455 e. The fourth-order valence-corrected chi connectivity index (χ4v) is 10.4. The number of hydrogen-bond donors (Lipinski definition) is 0. The quantitative estimate of drug-likeness (QED) is 0.239. The Balaban J connectivity index is 1.06. The summed E-state index contributed by atoms with van der Waals surface area (Å²) >= 11 is 0. The zero-order chi connectivity index (χ0) is 44.8. The molecule has 0 saturated carbocycles. The Labute approximate surface area is 388 Å². The zero-order valence-corrected chi connectivity index (χ0v) is 37.9. The van der Waals surface area contributed by atoms with Crippen molar-refractivity contribution in [1.29, 1.82) is 0 Å². The summed E-state index contributed by atoms with van der Waals surface area (Å²) < 4.78 is 9.57. The second-order valence-corrected chi connectivity index (χ2v) is 17.8. The summed E-state index contributed by atoms with van der Waals surface area (Å²) in [4.78, 5) is 15.1. The van der Waals surface area contributed by atoms with E-state index in [2.05, 4.69) is 161 Å². The van der Waals surface area contributed by atoms with Crippen molar-refractivity contribution in [3.05, 3.63) is 170 Å². The molecule has 0 atom stereocenters. The Morgan fingerprint density at radius 1 is 0.364 bits per heavy atom. The second-order valence-electron chi connectivity index (χ2n) is 17.8. The minimum absolute atomic E-state index is 0.631. The topological polar surface area (TPSA) is 56.7 Å². The van der Waals surface area contributed by atoms with E-state index in [0.717, 1.165) is 77.3 Å². The van der Waals surface area contributed by atoms with E-state index in [1.165, 1.54) is 54.6 Å². The van der Waals surface area contributed by atoms with E-state index in [4.69, 9.17) is 19.4 Å². The van der Waals surface area contributed by atoms with Gasteiger partial charge in [-0.2, -0.15) is 0 Å². The molecule has 0 bridgehead atoms. The number of rotatable bonds is 6. The molecule has 0 N–H and O–H groups in total. The van der Waals surface area contributed by atoms with Crippen LogP contribution in [0.25, 0.3) is 117 Å². The summed E-state index contributed by atoms with van der Waals surface area (Å²) in [6.45, 7) is 0. The predicted molar refractivity (Wildman–Crippen MR) is 295 cm³/mol. The van der Waals surface area contributed by atoms with E-state index >= 15 is 0 Å². The van der Waals surface area contributed by atoms with Gasteiger partial charge >= 0.3 is 0 Å². The van der Waals surface area contributed by atoms with Gasteiger partial charge in [0.05, 0.1) is 0 Å². The summed E-state index contributed by atoms with van der Waals surface area (Å²) in [5, 5.41) is 7.02. The molecule has 0 amide bonds. The number of aromatic nitrogens is 4. The first-order valence-electron chi connectivity index (χ1n) is 22.7. The van der Waals surface area contributed by atoms with Crippen LogP contribution in [-0.4, -0.2) is 66.6 Å². The molecule has 0 aliphatic rings. The van der Waals surface area contributed by atoms with Gasteiger partial charge in [-0.15, -0.1) is 0 Å². The Bertz CT molecular complexity index is 3820. The van der Waals surface area contributed by atoms with Crippen molar-refractivity contribution >= 4 is 134 Å². The predicted octanol–water partition coefficient (Wildman–Crippen LogP) is 3.91. The van der Waals surface area contributed by atoms with Gasteiger partial charge in [0.1, 0.15) is 58.2 Å².